The van der Waals surface area contributed by atoms with Gasteiger partial charge < -0.3 is 5.32 Å². The largest absolute Gasteiger partial charge is 0.370 e. The lowest BCUT2D eigenvalue weighted by molar-refractivity contribution is -0.384. The molecular formula is C14H12ClN3O3. The molecule has 1 aromatic carbocycles. The highest BCUT2D eigenvalue weighted by molar-refractivity contribution is 6.30. The summed E-state index contributed by atoms with van der Waals surface area (Å²) in [4.78, 5) is 26.1. The molecule has 0 spiro atoms. The number of benzene rings is 1. The van der Waals surface area contributed by atoms with Crippen molar-refractivity contribution in [2.24, 2.45) is 0 Å². The predicted octanol–water partition coefficient (Wildman–Crippen LogP) is 3.33. The van der Waals surface area contributed by atoms with Gasteiger partial charge in [0.1, 0.15) is 5.82 Å². The van der Waals surface area contributed by atoms with E-state index in [9.17, 15) is 14.9 Å². The molecule has 1 aromatic heterocycles. The van der Waals surface area contributed by atoms with Crippen molar-refractivity contribution in [1.29, 1.82) is 0 Å². The van der Waals surface area contributed by atoms with Gasteiger partial charge in [0.05, 0.1) is 9.95 Å². The van der Waals surface area contributed by atoms with Crippen molar-refractivity contribution in [2.75, 3.05) is 11.9 Å². The van der Waals surface area contributed by atoms with Crippen molar-refractivity contribution >= 4 is 28.9 Å². The monoisotopic (exact) mass is 305 g/mol. The molecule has 0 unspecified atom stereocenters. The second-order valence-electron chi connectivity index (χ2n) is 4.27. The second kappa shape index (κ2) is 6.81. The van der Waals surface area contributed by atoms with Gasteiger partial charge in [-0.2, -0.15) is 0 Å². The number of rotatable bonds is 6. The van der Waals surface area contributed by atoms with Gasteiger partial charge in [-0.1, -0.05) is 23.7 Å². The molecule has 2 rings (SSSR count). The zero-order chi connectivity index (χ0) is 15.2. The maximum absolute atomic E-state index is 12.0. The van der Waals surface area contributed by atoms with Crippen LogP contribution in [0.25, 0.3) is 0 Å². The van der Waals surface area contributed by atoms with Crippen LogP contribution in [0.5, 0.6) is 0 Å². The van der Waals surface area contributed by atoms with E-state index in [4.69, 9.17) is 11.6 Å². The van der Waals surface area contributed by atoms with Crippen molar-refractivity contribution in [3.05, 3.63) is 63.3 Å². The molecule has 108 valence electrons. The number of hydrogen-bond acceptors (Lipinski definition) is 5. The van der Waals surface area contributed by atoms with E-state index in [0.29, 0.717) is 22.9 Å². The van der Waals surface area contributed by atoms with Gasteiger partial charge in [-0.15, -0.1) is 0 Å². The number of carbonyl (C=O) groups is 1. The van der Waals surface area contributed by atoms with Crippen LogP contribution < -0.4 is 5.32 Å². The molecule has 0 amide bonds. The molecule has 21 heavy (non-hydrogen) atoms. The molecule has 1 heterocycles. The smallest absolute Gasteiger partial charge is 0.270 e. The number of nitrogens with one attached hydrogen (secondary N) is 1. The van der Waals surface area contributed by atoms with Crippen LogP contribution in [0.15, 0.2) is 42.6 Å². The van der Waals surface area contributed by atoms with E-state index < -0.39 is 4.92 Å². The molecule has 6 nitrogen and oxygen atoms in total. The molecule has 0 aliphatic rings. The van der Waals surface area contributed by atoms with E-state index in [1.54, 1.807) is 18.2 Å². The lowest BCUT2D eigenvalue weighted by Gasteiger charge is -2.05. The quantitative estimate of drug-likeness (QED) is 0.502. The molecular weight excluding hydrogens is 294 g/mol. The second-order valence-corrected chi connectivity index (χ2v) is 4.71. The first kappa shape index (κ1) is 14.9. The summed E-state index contributed by atoms with van der Waals surface area (Å²) < 4.78 is 0. The summed E-state index contributed by atoms with van der Waals surface area (Å²) in [5, 5.41) is 14.2. The van der Waals surface area contributed by atoms with E-state index in [-0.39, 0.29) is 17.9 Å². The number of Topliss-reactive ketones (excluding diaryl/α,β-unsaturated/α-hetero) is 1. The normalized spacial score (nSPS) is 10.1. The maximum atomic E-state index is 12.0. The Morgan fingerprint density at radius 2 is 2.14 bits per heavy atom. The fraction of sp³-hybridized carbons (Fsp3) is 0.143. The molecule has 0 aliphatic carbocycles. The van der Waals surface area contributed by atoms with E-state index in [0.717, 1.165) is 0 Å². The number of nitrogens with zero attached hydrogens (tertiary/aromatic N) is 2. The van der Waals surface area contributed by atoms with Gasteiger partial charge in [0.25, 0.3) is 5.69 Å². The Bertz CT molecular complexity index is 659. The molecule has 0 radical (unpaired) electrons. The Labute approximate surface area is 125 Å². The van der Waals surface area contributed by atoms with Crippen molar-refractivity contribution in [3.8, 4) is 0 Å². The molecule has 2 aromatic rings. The topological polar surface area (TPSA) is 85.1 Å². The number of aromatic nitrogens is 1. The third kappa shape index (κ3) is 4.25. The molecule has 1 N–H and O–H groups in total. The van der Waals surface area contributed by atoms with Gasteiger partial charge in [-0.05, 0) is 12.1 Å². The Balaban J connectivity index is 1.91. The van der Waals surface area contributed by atoms with Crippen molar-refractivity contribution < 1.29 is 9.72 Å². The first-order valence-electron chi connectivity index (χ1n) is 6.19. The van der Waals surface area contributed by atoms with E-state index in [1.165, 1.54) is 24.4 Å². The zero-order valence-corrected chi connectivity index (χ0v) is 11.7. The Morgan fingerprint density at radius 1 is 1.33 bits per heavy atom. The maximum Gasteiger partial charge on any atom is 0.270 e. The lowest BCUT2D eigenvalue weighted by Crippen LogP contribution is -2.09. The SMILES string of the molecule is O=C(CCNc1ccc(Cl)cn1)c1cccc([N+](=O)[O-])c1. The fourth-order valence-electron chi connectivity index (χ4n) is 1.72. The predicted molar refractivity (Wildman–Crippen MR) is 79.8 cm³/mol. The van der Waals surface area contributed by atoms with Crippen LogP contribution in [-0.4, -0.2) is 22.2 Å². The number of ketones is 1. The number of nitro benzene ring substituents is 1. The summed E-state index contributed by atoms with van der Waals surface area (Å²) in [7, 11) is 0. The summed E-state index contributed by atoms with van der Waals surface area (Å²) >= 11 is 5.72. The molecule has 7 heteroatoms. The third-order valence-corrected chi connectivity index (χ3v) is 2.99. The average Bonchev–Trinajstić information content (AvgIpc) is 2.49. The first-order chi connectivity index (χ1) is 10.1. The molecule has 0 saturated heterocycles. The van der Waals surface area contributed by atoms with E-state index >= 15 is 0 Å². The van der Waals surface area contributed by atoms with Crippen LogP contribution in [0.1, 0.15) is 16.8 Å². The minimum absolute atomic E-state index is 0.0897. The summed E-state index contributed by atoms with van der Waals surface area (Å²) in [6.45, 7) is 0.385. The summed E-state index contributed by atoms with van der Waals surface area (Å²) in [5.41, 5.74) is 0.239. The number of pyridine rings is 1. The molecule has 0 atom stereocenters. The highest BCUT2D eigenvalue weighted by Gasteiger charge is 2.11. The van der Waals surface area contributed by atoms with Gasteiger partial charge >= 0.3 is 0 Å². The summed E-state index contributed by atoms with van der Waals surface area (Å²) in [6, 6.07) is 9.10. The zero-order valence-electron chi connectivity index (χ0n) is 11.0. The molecule has 0 saturated carbocycles. The van der Waals surface area contributed by atoms with Crippen LogP contribution >= 0.6 is 11.6 Å². The minimum atomic E-state index is -0.521. The molecule has 0 bridgehead atoms. The molecule has 0 fully saturated rings. The van der Waals surface area contributed by atoms with Gasteiger partial charge in [-0.25, -0.2) is 4.98 Å². The van der Waals surface area contributed by atoms with E-state index in [1.807, 2.05) is 0 Å². The van der Waals surface area contributed by atoms with Gasteiger partial charge in [-0.3, -0.25) is 14.9 Å². The average molecular weight is 306 g/mol. The fourth-order valence-corrected chi connectivity index (χ4v) is 1.83. The van der Waals surface area contributed by atoms with Crippen molar-refractivity contribution in [3.63, 3.8) is 0 Å². The number of carbonyl (C=O) groups excluding carboxylic acids is 1. The van der Waals surface area contributed by atoms with Gasteiger partial charge in [0.15, 0.2) is 5.78 Å². The number of anilines is 1. The van der Waals surface area contributed by atoms with Gasteiger partial charge in [0.2, 0.25) is 0 Å². The highest BCUT2D eigenvalue weighted by atomic mass is 35.5. The summed E-state index contributed by atoms with van der Waals surface area (Å²) in [5.74, 6) is 0.450. The Morgan fingerprint density at radius 3 is 2.81 bits per heavy atom. The van der Waals surface area contributed by atoms with Crippen molar-refractivity contribution in [2.45, 2.75) is 6.42 Å². The number of non-ortho nitro benzene ring substituents is 1. The lowest BCUT2D eigenvalue weighted by atomic mass is 10.1. The Kier molecular flexibility index (Phi) is 4.84. The minimum Gasteiger partial charge on any atom is -0.370 e. The summed E-state index contributed by atoms with van der Waals surface area (Å²) in [6.07, 6.45) is 1.72. The highest BCUT2D eigenvalue weighted by Crippen LogP contribution is 2.15. The number of halogens is 1. The number of nitro groups is 1. The van der Waals surface area contributed by atoms with Crippen LogP contribution in [0.2, 0.25) is 5.02 Å². The molecule has 0 aliphatic heterocycles. The van der Waals surface area contributed by atoms with Crippen LogP contribution in [-0.2, 0) is 0 Å². The first-order valence-corrected chi connectivity index (χ1v) is 6.57. The third-order valence-electron chi connectivity index (χ3n) is 2.76. The van der Waals surface area contributed by atoms with Crippen LogP contribution in [0, 0.1) is 10.1 Å². The number of hydrogen-bond donors (Lipinski definition) is 1. The standard InChI is InChI=1S/C14H12ClN3O3/c15-11-4-5-14(17-9-11)16-7-6-13(19)10-2-1-3-12(8-10)18(20)21/h1-5,8-9H,6-7H2,(H,16,17). The van der Waals surface area contributed by atoms with Crippen molar-refractivity contribution in [1.82, 2.24) is 4.98 Å². The van der Waals surface area contributed by atoms with Crippen LogP contribution in [0.4, 0.5) is 11.5 Å². The van der Waals surface area contributed by atoms with Crippen LogP contribution in [0.3, 0.4) is 0 Å². The Hall–Kier alpha value is -2.47. The van der Waals surface area contributed by atoms with Gasteiger partial charge in [0, 0.05) is 36.9 Å². The van der Waals surface area contributed by atoms with E-state index in [2.05, 4.69) is 10.3 Å².